The standard InChI is InChI=1S/C16H15FN4O5/c1-19(7-10-2-4-11(17)5-3-10)14(22)9-20-8-12(21(25)26)6-13(15(18)23)16(20)24/h2-6,8H,7,9H2,1H3,(H2,18,23). The quantitative estimate of drug-likeness (QED) is 0.596. The Kier molecular flexibility index (Phi) is 5.45. The molecule has 0 spiro atoms. The Morgan fingerprint density at radius 2 is 1.92 bits per heavy atom. The topological polar surface area (TPSA) is 129 Å². The van der Waals surface area contributed by atoms with Gasteiger partial charge in [0.1, 0.15) is 17.9 Å². The molecule has 0 atom stereocenters. The number of hydrogen-bond donors (Lipinski definition) is 1. The number of benzene rings is 1. The fourth-order valence-electron chi connectivity index (χ4n) is 2.23. The van der Waals surface area contributed by atoms with Crippen LogP contribution in [0.2, 0.25) is 0 Å². The number of nitrogens with two attached hydrogens (primary N) is 1. The highest BCUT2D eigenvalue weighted by molar-refractivity contribution is 5.93. The van der Waals surface area contributed by atoms with Gasteiger partial charge in [0.25, 0.3) is 17.2 Å². The Morgan fingerprint density at radius 1 is 1.31 bits per heavy atom. The second-order valence-corrected chi connectivity index (χ2v) is 5.54. The van der Waals surface area contributed by atoms with Gasteiger partial charge in [-0.15, -0.1) is 0 Å². The van der Waals surface area contributed by atoms with E-state index in [2.05, 4.69) is 0 Å². The largest absolute Gasteiger partial charge is 0.365 e. The van der Waals surface area contributed by atoms with Crippen molar-refractivity contribution in [3.05, 3.63) is 73.9 Å². The number of hydrogen-bond acceptors (Lipinski definition) is 5. The van der Waals surface area contributed by atoms with Crippen LogP contribution >= 0.6 is 0 Å². The van der Waals surface area contributed by atoms with E-state index in [0.717, 1.165) is 16.8 Å². The van der Waals surface area contributed by atoms with Gasteiger partial charge in [-0.2, -0.15) is 0 Å². The molecule has 136 valence electrons. The Bertz CT molecular complexity index is 923. The molecule has 2 aromatic rings. The zero-order chi connectivity index (χ0) is 19.4. The number of aromatic nitrogens is 1. The molecule has 2 N–H and O–H groups in total. The van der Waals surface area contributed by atoms with E-state index in [4.69, 9.17) is 5.73 Å². The van der Waals surface area contributed by atoms with Crippen LogP contribution in [-0.2, 0) is 17.9 Å². The SMILES string of the molecule is CN(Cc1ccc(F)cc1)C(=O)Cn1cc([N+](=O)[O-])cc(C(N)=O)c1=O. The van der Waals surface area contributed by atoms with E-state index < -0.39 is 45.9 Å². The average molecular weight is 362 g/mol. The van der Waals surface area contributed by atoms with Crippen LogP contribution in [0.5, 0.6) is 0 Å². The van der Waals surface area contributed by atoms with Gasteiger partial charge >= 0.3 is 0 Å². The van der Waals surface area contributed by atoms with Crippen molar-refractivity contribution in [1.29, 1.82) is 0 Å². The van der Waals surface area contributed by atoms with Gasteiger partial charge in [0.15, 0.2) is 0 Å². The number of carbonyl (C=O) groups excluding carboxylic acids is 2. The predicted octanol–water partition coefficient (Wildman–Crippen LogP) is 0.653. The van der Waals surface area contributed by atoms with Crippen LogP contribution in [0.1, 0.15) is 15.9 Å². The predicted molar refractivity (Wildman–Crippen MR) is 88.7 cm³/mol. The molecule has 0 saturated carbocycles. The van der Waals surface area contributed by atoms with Gasteiger partial charge < -0.3 is 10.6 Å². The zero-order valence-electron chi connectivity index (χ0n) is 13.7. The minimum Gasteiger partial charge on any atom is -0.365 e. The minimum absolute atomic E-state index is 0.144. The Balaban J connectivity index is 2.24. The average Bonchev–Trinajstić information content (AvgIpc) is 2.58. The summed E-state index contributed by atoms with van der Waals surface area (Å²) in [5.41, 5.74) is 3.71. The third-order valence-corrected chi connectivity index (χ3v) is 3.61. The molecule has 0 bridgehead atoms. The first-order valence-electron chi connectivity index (χ1n) is 7.36. The molecule has 0 radical (unpaired) electrons. The number of amides is 2. The van der Waals surface area contributed by atoms with E-state index in [1.807, 2.05) is 0 Å². The van der Waals surface area contributed by atoms with Gasteiger partial charge in [-0.05, 0) is 17.7 Å². The fourth-order valence-corrected chi connectivity index (χ4v) is 2.23. The van der Waals surface area contributed by atoms with E-state index in [-0.39, 0.29) is 6.54 Å². The van der Waals surface area contributed by atoms with Crippen LogP contribution in [0.3, 0.4) is 0 Å². The lowest BCUT2D eigenvalue weighted by atomic mass is 10.2. The highest BCUT2D eigenvalue weighted by Crippen LogP contribution is 2.11. The summed E-state index contributed by atoms with van der Waals surface area (Å²) in [6.07, 6.45) is 0.873. The van der Waals surface area contributed by atoms with E-state index in [0.29, 0.717) is 5.56 Å². The first-order chi connectivity index (χ1) is 12.2. The van der Waals surface area contributed by atoms with Gasteiger partial charge in [-0.3, -0.25) is 29.1 Å². The number of nitro groups is 1. The number of halogens is 1. The smallest absolute Gasteiger partial charge is 0.286 e. The van der Waals surface area contributed by atoms with Crippen molar-refractivity contribution in [2.45, 2.75) is 13.1 Å². The molecule has 0 aliphatic carbocycles. The molecule has 9 nitrogen and oxygen atoms in total. The molecule has 26 heavy (non-hydrogen) atoms. The van der Waals surface area contributed by atoms with Crippen LogP contribution in [0.4, 0.5) is 10.1 Å². The third kappa shape index (κ3) is 4.29. The molecule has 2 amide bonds. The molecule has 10 heteroatoms. The van der Waals surface area contributed by atoms with E-state index >= 15 is 0 Å². The maximum atomic E-state index is 12.9. The van der Waals surface area contributed by atoms with Gasteiger partial charge in [0.2, 0.25) is 5.91 Å². The number of rotatable bonds is 6. The van der Waals surface area contributed by atoms with Crippen molar-refractivity contribution in [3.8, 4) is 0 Å². The van der Waals surface area contributed by atoms with Crippen LogP contribution in [0, 0.1) is 15.9 Å². The summed E-state index contributed by atoms with van der Waals surface area (Å²) in [5, 5.41) is 10.9. The van der Waals surface area contributed by atoms with Gasteiger partial charge in [0, 0.05) is 19.7 Å². The molecule has 1 aromatic heterocycles. The lowest BCUT2D eigenvalue weighted by Crippen LogP contribution is -2.36. The molecular weight excluding hydrogens is 347 g/mol. The lowest BCUT2D eigenvalue weighted by molar-refractivity contribution is -0.385. The second kappa shape index (κ2) is 7.55. The van der Waals surface area contributed by atoms with Gasteiger partial charge in [-0.25, -0.2) is 4.39 Å². The van der Waals surface area contributed by atoms with Crippen LogP contribution < -0.4 is 11.3 Å². The van der Waals surface area contributed by atoms with Crippen molar-refractivity contribution >= 4 is 17.5 Å². The monoisotopic (exact) mass is 362 g/mol. The van der Waals surface area contributed by atoms with Crippen molar-refractivity contribution in [3.63, 3.8) is 0 Å². The summed E-state index contributed by atoms with van der Waals surface area (Å²) >= 11 is 0. The normalized spacial score (nSPS) is 10.4. The van der Waals surface area contributed by atoms with Crippen molar-refractivity contribution in [2.24, 2.45) is 5.73 Å². The maximum Gasteiger partial charge on any atom is 0.286 e. The number of nitrogens with zero attached hydrogens (tertiary/aromatic N) is 3. The van der Waals surface area contributed by atoms with Crippen LogP contribution in [-0.4, -0.2) is 33.3 Å². The lowest BCUT2D eigenvalue weighted by Gasteiger charge is -2.18. The summed E-state index contributed by atoms with van der Waals surface area (Å²) in [5.74, 6) is -2.07. The van der Waals surface area contributed by atoms with Crippen molar-refractivity contribution in [1.82, 2.24) is 9.47 Å². The number of primary amides is 1. The number of likely N-dealkylation sites (N-methyl/N-ethyl adjacent to an activating group) is 1. The molecule has 2 rings (SSSR count). The zero-order valence-corrected chi connectivity index (χ0v) is 13.7. The molecule has 0 fully saturated rings. The van der Waals surface area contributed by atoms with E-state index in [1.165, 1.54) is 36.2 Å². The highest BCUT2D eigenvalue weighted by Gasteiger charge is 2.19. The van der Waals surface area contributed by atoms with Crippen LogP contribution in [0.15, 0.2) is 41.3 Å². The number of carbonyl (C=O) groups is 2. The first kappa shape index (κ1) is 18.8. The molecule has 0 unspecified atom stereocenters. The first-order valence-corrected chi connectivity index (χ1v) is 7.36. The van der Waals surface area contributed by atoms with Gasteiger partial charge in [0.05, 0.1) is 11.1 Å². The molecular formula is C16H15FN4O5. The summed E-state index contributed by atoms with van der Waals surface area (Å²) in [6.45, 7) is -0.371. The fraction of sp³-hybridized carbons (Fsp3) is 0.188. The summed E-state index contributed by atoms with van der Waals surface area (Å²) in [4.78, 5) is 47.2. The summed E-state index contributed by atoms with van der Waals surface area (Å²) in [6, 6.07) is 6.28. The van der Waals surface area contributed by atoms with Crippen LogP contribution in [0.25, 0.3) is 0 Å². The van der Waals surface area contributed by atoms with E-state index in [9.17, 15) is 28.9 Å². The van der Waals surface area contributed by atoms with Crippen molar-refractivity contribution < 1.29 is 18.9 Å². The van der Waals surface area contributed by atoms with E-state index in [1.54, 1.807) is 0 Å². The molecule has 1 heterocycles. The number of pyridine rings is 1. The minimum atomic E-state index is -1.13. The summed E-state index contributed by atoms with van der Waals surface area (Å²) in [7, 11) is 1.46. The Hall–Kier alpha value is -3.56. The Labute approximate surface area is 146 Å². The second-order valence-electron chi connectivity index (χ2n) is 5.54. The maximum absolute atomic E-state index is 12.9. The Morgan fingerprint density at radius 3 is 2.46 bits per heavy atom. The molecule has 1 aromatic carbocycles. The molecule has 0 aliphatic rings. The summed E-state index contributed by atoms with van der Waals surface area (Å²) < 4.78 is 13.7. The molecule has 0 saturated heterocycles. The van der Waals surface area contributed by atoms with Gasteiger partial charge in [-0.1, -0.05) is 12.1 Å². The third-order valence-electron chi connectivity index (χ3n) is 3.61. The van der Waals surface area contributed by atoms with Crippen molar-refractivity contribution in [2.75, 3.05) is 7.05 Å². The molecule has 0 aliphatic heterocycles. The highest BCUT2D eigenvalue weighted by atomic mass is 19.1.